The van der Waals surface area contributed by atoms with E-state index in [4.69, 9.17) is 9.94 Å². The molecule has 2 aliphatic rings. The SMILES string of the molecule is CCCCCCc1cnc(C2CCN(S(=O)(=O)C3(C(=O)NO)CCOCC3)CC2)s1.Cl. The van der Waals surface area contributed by atoms with Gasteiger partial charge in [0, 0.05) is 56.1 Å². The molecule has 0 aromatic carbocycles. The lowest BCUT2D eigenvalue weighted by Crippen LogP contribution is -2.60. The molecule has 3 heterocycles. The van der Waals surface area contributed by atoms with Crippen LogP contribution in [0.1, 0.15) is 74.1 Å². The molecule has 0 atom stereocenters. The normalized spacial score (nSPS) is 20.2. The molecule has 1 aromatic rings. The van der Waals surface area contributed by atoms with Crippen LogP contribution in [0.15, 0.2) is 6.20 Å². The van der Waals surface area contributed by atoms with Gasteiger partial charge in [0.2, 0.25) is 10.0 Å². The summed E-state index contributed by atoms with van der Waals surface area (Å²) in [5.74, 6) is -0.608. The molecule has 0 aliphatic carbocycles. The number of piperidine rings is 1. The Bertz CT molecular complexity index is 803. The van der Waals surface area contributed by atoms with Crippen LogP contribution in [0, 0.1) is 0 Å². The summed E-state index contributed by atoms with van der Waals surface area (Å²) in [7, 11) is -3.91. The Hall–Kier alpha value is -0.780. The highest BCUT2D eigenvalue weighted by Crippen LogP contribution is 2.37. The molecule has 2 N–H and O–H groups in total. The number of carbonyl (C=O) groups excluding carboxylic acids is 1. The number of aromatic nitrogens is 1. The van der Waals surface area contributed by atoms with Crippen LogP contribution in [0.2, 0.25) is 0 Å². The first-order valence-corrected chi connectivity index (χ1v) is 13.2. The summed E-state index contributed by atoms with van der Waals surface area (Å²) in [6, 6.07) is 0. The molecule has 31 heavy (non-hydrogen) atoms. The van der Waals surface area contributed by atoms with Gasteiger partial charge >= 0.3 is 0 Å². The zero-order valence-corrected chi connectivity index (χ0v) is 20.5. The fraction of sp³-hybridized carbons (Fsp3) is 0.800. The van der Waals surface area contributed by atoms with Gasteiger partial charge in [-0.2, -0.15) is 0 Å². The Morgan fingerprint density at radius 1 is 1.29 bits per heavy atom. The highest BCUT2D eigenvalue weighted by Gasteiger charge is 2.54. The summed E-state index contributed by atoms with van der Waals surface area (Å²) >= 11 is 1.75. The van der Waals surface area contributed by atoms with E-state index >= 15 is 0 Å². The van der Waals surface area contributed by atoms with E-state index in [1.165, 1.54) is 34.9 Å². The van der Waals surface area contributed by atoms with E-state index in [1.807, 2.05) is 6.20 Å². The maximum absolute atomic E-state index is 13.4. The number of unbranched alkanes of at least 4 members (excludes halogenated alkanes) is 3. The van der Waals surface area contributed by atoms with Crippen LogP contribution in [-0.2, 0) is 26.0 Å². The third-order valence-electron chi connectivity index (χ3n) is 6.30. The molecule has 0 bridgehead atoms. The Kier molecular flexibility index (Phi) is 10.2. The number of ether oxygens (including phenoxy) is 1. The smallest absolute Gasteiger partial charge is 0.266 e. The highest BCUT2D eigenvalue weighted by molar-refractivity contribution is 7.91. The molecule has 0 radical (unpaired) electrons. The van der Waals surface area contributed by atoms with Crippen molar-refractivity contribution >= 4 is 39.7 Å². The van der Waals surface area contributed by atoms with Crippen LogP contribution in [0.4, 0.5) is 0 Å². The van der Waals surface area contributed by atoms with Gasteiger partial charge < -0.3 is 4.74 Å². The number of rotatable bonds is 9. The summed E-state index contributed by atoms with van der Waals surface area (Å²) in [5, 5.41) is 10.3. The second-order valence-corrected chi connectivity index (χ2v) is 11.6. The Balaban J connectivity index is 0.00000341. The molecular formula is C20H34ClN3O5S2. The van der Waals surface area contributed by atoms with Gasteiger partial charge in [-0.25, -0.2) is 23.2 Å². The van der Waals surface area contributed by atoms with Crippen LogP contribution in [0.25, 0.3) is 0 Å². The first-order valence-electron chi connectivity index (χ1n) is 10.9. The maximum Gasteiger partial charge on any atom is 0.266 e. The predicted octanol–water partition coefficient (Wildman–Crippen LogP) is 3.25. The number of hydroxylamine groups is 1. The number of carbonyl (C=O) groups is 1. The molecule has 1 aromatic heterocycles. The van der Waals surface area contributed by atoms with Gasteiger partial charge in [0.25, 0.3) is 5.91 Å². The van der Waals surface area contributed by atoms with Crippen molar-refractivity contribution in [2.24, 2.45) is 0 Å². The molecule has 8 nitrogen and oxygen atoms in total. The average molecular weight is 496 g/mol. The second-order valence-electron chi connectivity index (χ2n) is 8.20. The molecule has 11 heteroatoms. The van der Waals surface area contributed by atoms with E-state index in [-0.39, 0.29) is 44.4 Å². The van der Waals surface area contributed by atoms with Crippen LogP contribution >= 0.6 is 23.7 Å². The van der Waals surface area contributed by atoms with E-state index in [9.17, 15) is 13.2 Å². The first kappa shape index (κ1) is 26.5. The molecule has 0 spiro atoms. The van der Waals surface area contributed by atoms with Crippen molar-refractivity contribution in [2.45, 2.75) is 75.4 Å². The number of halogens is 1. The van der Waals surface area contributed by atoms with Crippen LogP contribution in [0.5, 0.6) is 0 Å². The zero-order chi connectivity index (χ0) is 21.6. The van der Waals surface area contributed by atoms with Gasteiger partial charge in [0.05, 0.1) is 5.01 Å². The van der Waals surface area contributed by atoms with Gasteiger partial charge in [-0.05, 0) is 25.7 Å². The molecule has 0 saturated carbocycles. The van der Waals surface area contributed by atoms with Crippen molar-refractivity contribution in [1.82, 2.24) is 14.8 Å². The molecule has 2 aliphatic heterocycles. The standard InChI is InChI=1S/C20H33N3O5S2.ClH/c1-2-3-4-5-6-17-15-21-18(29-17)16-7-11-23(12-8-16)30(26,27)20(19(24)22-25)9-13-28-14-10-20;/h15-16,25H,2-14H2,1H3,(H,22,24);1H. The molecule has 178 valence electrons. The van der Waals surface area contributed by atoms with Crippen molar-refractivity contribution in [3.8, 4) is 0 Å². The van der Waals surface area contributed by atoms with Crippen molar-refractivity contribution in [2.75, 3.05) is 26.3 Å². The monoisotopic (exact) mass is 495 g/mol. The van der Waals surface area contributed by atoms with E-state index in [0.717, 1.165) is 11.4 Å². The van der Waals surface area contributed by atoms with E-state index in [2.05, 4.69) is 11.9 Å². The van der Waals surface area contributed by atoms with Crippen molar-refractivity contribution in [3.05, 3.63) is 16.1 Å². The summed E-state index contributed by atoms with van der Waals surface area (Å²) in [6.45, 7) is 3.30. The first-order chi connectivity index (χ1) is 14.4. The summed E-state index contributed by atoms with van der Waals surface area (Å²) in [4.78, 5) is 18.3. The van der Waals surface area contributed by atoms with Crippen molar-refractivity contribution < 1.29 is 23.2 Å². The fourth-order valence-electron chi connectivity index (χ4n) is 4.35. The second kappa shape index (κ2) is 11.9. The minimum absolute atomic E-state index is 0. The average Bonchev–Trinajstić information content (AvgIpc) is 3.25. The number of aryl methyl sites for hydroxylation is 1. The highest BCUT2D eigenvalue weighted by atomic mass is 35.5. The van der Waals surface area contributed by atoms with E-state index < -0.39 is 20.7 Å². The van der Waals surface area contributed by atoms with E-state index in [1.54, 1.807) is 16.8 Å². The topological polar surface area (TPSA) is 109 Å². The summed E-state index contributed by atoms with van der Waals surface area (Å²) in [5.41, 5.74) is 1.57. The van der Waals surface area contributed by atoms with Crippen LogP contribution in [0.3, 0.4) is 0 Å². The molecule has 2 saturated heterocycles. The fourth-order valence-corrected chi connectivity index (χ4v) is 7.62. The molecule has 0 unspecified atom stereocenters. The number of thiazole rings is 1. The summed E-state index contributed by atoms with van der Waals surface area (Å²) < 4.78 is 31.8. The van der Waals surface area contributed by atoms with Crippen molar-refractivity contribution in [1.29, 1.82) is 0 Å². The number of amides is 1. The number of sulfonamides is 1. The molecule has 3 rings (SSSR count). The zero-order valence-electron chi connectivity index (χ0n) is 18.0. The lowest BCUT2D eigenvalue weighted by Gasteiger charge is -2.40. The van der Waals surface area contributed by atoms with Crippen molar-refractivity contribution in [3.63, 3.8) is 0 Å². The third-order valence-corrected chi connectivity index (χ3v) is 10.1. The summed E-state index contributed by atoms with van der Waals surface area (Å²) in [6.07, 6.45) is 9.43. The minimum Gasteiger partial charge on any atom is -0.381 e. The molecule has 1 amide bonds. The van der Waals surface area contributed by atoms with Gasteiger partial charge in [-0.15, -0.1) is 23.7 Å². The van der Waals surface area contributed by atoms with Gasteiger partial charge in [-0.3, -0.25) is 10.0 Å². The largest absolute Gasteiger partial charge is 0.381 e. The van der Waals surface area contributed by atoms with Crippen LogP contribution < -0.4 is 5.48 Å². The maximum atomic E-state index is 13.4. The number of nitrogens with one attached hydrogen (secondary N) is 1. The Labute approximate surface area is 195 Å². The Morgan fingerprint density at radius 2 is 1.97 bits per heavy atom. The molecule has 2 fully saturated rings. The lowest BCUT2D eigenvalue weighted by atomic mass is 9.98. The van der Waals surface area contributed by atoms with Gasteiger partial charge in [-0.1, -0.05) is 26.2 Å². The quantitative estimate of drug-likeness (QED) is 0.309. The minimum atomic E-state index is -3.91. The Morgan fingerprint density at radius 3 is 2.58 bits per heavy atom. The number of nitrogens with zero attached hydrogens (tertiary/aromatic N) is 2. The van der Waals surface area contributed by atoms with Gasteiger partial charge in [0.15, 0.2) is 4.75 Å². The van der Waals surface area contributed by atoms with Crippen LogP contribution in [-0.4, -0.2) is 59.9 Å². The third kappa shape index (κ3) is 5.78. The molecular weight excluding hydrogens is 462 g/mol. The van der Waals surface area contributed by atoms with E-state index in [0.29, 0.717) is 25.9 Å². The number of hydrogen-bond acceptors (Lipinski definition) is 7. The van der Waals surface area contributed by atoms with Gasteiger partial charge in [0.1, 0.15) is 0 Å². The lowest BCUT2D eigenvalue weighted by molar-refractivity contribution is -0.134. The predicted molar refractivity (Wildman–Crippen MR) is 122 cm³/mol. The number of hydrogen-bond donors (Lipinski definition) is 2.